The minimum absolute atomic E-state index is 0.174. The molecule has 1 amide bonds. The number of rotatable bonds is 8. The van der Waals surface area contributed by atoms with E-state index in [0.29, 0.717) is 12.4 Å². The predicted octanol–water partition coefficient (Wildman–Crippen LogP) is 3.33. The van der Waals surface area contributed by atoms with E-state index in [4.69, 9.17) is 4.74 Å². The first-order chi connectivity index (χ1) is 14.5. The molecule has 3 rings (SSSR count). The van der Waals surface area contributed by atoms with E-state index in [2.05, 4.69) is 46.8 Å². The Hall–Kier alpha value is -3.45. The number of nitrogens with zero attached hydrogens (tertiary/aromatic N) is 3. The van der Waals surface area contributed by atoms with Crippen molar-refractivity contribution >= 4 is 17.7 Å². The average molecular weight is 406 g/mol. The van der Waals surface area contributed by atoms with Gasteiger partial charge in [0.1, 0.15) is 11.4 Å². The van der Waals surface area contributed by atoms with E-state index in [9.17, 15) is 9.59 Å². The standard InChI is InChI=1S/C23H26N4O3/c1-4-30-23(29)20-14-24-27(3)22(20)25-21(28)16-26(2)15-17-10-12-19(13-11-17)18-8-6-5-7-9-18/h5-14H,4,15-16H2,1-3H3,(H,25,28). The molecule has 3 aromatic rings. The van der Waals surface area contributed by atoms with Crippen LogP contribution in [0, 0.1) is 0 Å². The molecule has 1 heterocycles. The Bertz CT molecular complexity index is 997. The highest BCUT2D eigenvalue weighted by Crippen LogP contribution is 2.20. The van der Waals surface area contributed by atoms with Gasteiger partial charge >= 0.3 is 5.97 Å². The number of aryl methyl sites for hydroxylation is 1. The lowest BCUT2D eigenvalue weighted by molar-refractivity contribution is -0.117. The van der Waals surface area contributed by atoms with Crippen LogP contribution in [0.5, 0.6) is 0 Å². The first kappa shape index (κ1) is 21.3. The van der Waals surface area contributed by atoms with Crippen molar-refractivity contribution in [3.8, 4) is 11.1 Å². The molecule has 0 aliphatic heterocycles. The van der Waals surface area contributed by atoms with Crippen molar-refractivity contribution < 1.29 is 14.3 Å². The van der Waals surface area contributed by atoms with Crippen LogP contribution in [-0.4, -0.2) is 46.8 Å². The first-order valence-electron chi connectivity index (χ1n) is 9.79. The van der Waals surface area contributed by atoms with Gasteiger partial charge in [-0.25, -0.2) is 4.79 Å². The highest BCUT2D eigenvalue weighted by Gasteiger charge is 2.19. The summed E-state index contributed by atoms with van der Waals surface area (Å²) in [6.45, 7) is 2.78. The fraction of sp³-hybridized carbons (Fsp3) is 0.261. The molecule has 0 spiro atoms. The number of ether oxygens (including phenoxy) is 1. The number of benzene rings is 2. The monoisotopic (exact) mass is 406 g/mol. The van der Waals surface area contributed by atoms with Crippen LogP contribution in [0.25, 0.3) is 11.1 Å². The van der Waals surface area contributed by atoms with Gasteiger partial charge in [0.15, 0.2) is 0 Å². The van der Waals surface area contributed by atoms with Gasteiger partial charge in [0, 0.05) is 13.6 Å². The third-order valence-corrected chi connectivity index (χ3v) is 4.62. The van der Waals surface area contributed by atoms with E-state index in [-0.39, 0.29) is 24.6 Å². The second-order valence-corrected chi connectivity index (χ2v) is 7.03. The molecular formula is C23H26N4O3. The number of likely N-dealkylation sites (N-methyl/N-ethyl adjacent to an activating group) is 1. The molecule has 1 N–H and O–H groups in total. The number of amides is 1. The molecule has 156 valence electrons. The Morgan fingerprint density at radius 3 is 2.40 bits per heavy atom. The van der Waals surface area contributed by atoms with E-state index in [1.807, 2.05) is 30.1 Å². The predicted molar refractivity (Wildman–Crippen MR) is 116 cm³/mol. The second kappa shape index (κ2) is 9.84. The van der Waals surface area contributed by atoms with Crippen molar-refractivity contribution in [1.29, 1.82) is 0 Å². The highest BCUT2D eigenvalue weighted by atomic mass is 16.5. The number of anilines is 1. The average Bonchev–Trinajstić information content (AvgIpc) is 3.09. The van der Waals surface area contributed by atoms with Crippen molar-refractivity contribution in [2.45, 2.75) is 13.5 Å². The van der Waals surface area contributed by atoms with E-state index in [0.717, 1.165) is 11.1 Å². The molecule has 30 heavy (non-hydrogen) atoms. The van der Waals surface area contributed by atoms with Gasteiger partial charge in [-0.05, 0) is 30.7 Å². The molecular weight excluding hydrogens is 380 g/mol. The van der Waals surface area contributed by atoms with Crippen LogP contribution in [-0.2, 0) is 23.1 Å². The fourth-order valence-electron chi connectivity index (χ4n) is 3.16. The van der Waals surface area contributed by atoms with Gasteiger partial charge in [-0.15, -0.1) is 0 Å². The summed E-state index contributed by atoms with van der Waals surface area (Å²) in [4.78, 5) is 26.4. The van der Waals surface area contributed by atoms with Gasteiger partial charge in [0.2, 0.25) is 5.91 Å². The number of hydrogen-bond donors (Lipinski definition) is 1. The number of nitrogens with one attached hydrogen (secondary N) is 1. The van der Waals surface area contributed by atoms with Crippen LogP contribution in [0.3, 0.4) is 0 Å². The summed E-state index contributed by atoms with van der Waals surface area (Å²) in [6.07, 6.45) is 1.39. The fourth-order valence-corrected chi connectivity index (χ4v) is 3.16. The zero-order chi connectivity index (χ0) is 21.5. The Labute approximate surface area is 176 Å². The maximum absolute atomic E-state index is 12.5. The molecule has 1 aromatic heterocycles. The van der Waals surface area contributed by atoms with Crippen LogP contribution >= 0.6 is 0 Å². The summed E-state index contributed by atoms with van der Waals surface area (Å²) in [5.74, 6) is -0.403. The molecule has 7 heteroatoms. The van der Waals surface area contributed by atoms with Gasteiger partial charge < -0.3 is 10.1 Å². The number of carbonyl (C=O) groups is 2. The molecule has 0 radical (unpaired) electrons. The van der Waals surface area contributed by atoms with Crippen molar-refractivity contribution in [2.75, 3.05) is 25.5 Å². The third-order valence-electron chi connectivity index (χ3n) is 4.62. The third kappa shape index (κ3) is 5.33. The molecule has 2 aromatic carbocycles. The molecule has 0 fully saturated rings. The summed E-state index contributed by atoms with van der Waals surface area (Å²) in [5, 5.41) is 6.81. The lowest BCUT2D eigenvalue weighted by Crippen LogP contribution is -2.31. The zero-order valence-electron chi connectivity index (χ0n) is 17.5. The highest BCUT2D eigenvalue weighted by molar-refractivity contribution is 6.00. The van der Waals surface area contributed by atoms with Gasteiger partial charge in [-0.2, -0.15) is 5.10 Å². The van der Waals surface area contributed by atoms with Gasteiger partial charge in [-0.3, -0.25) is 14.4 Å². The largest absolute Gasteiger partial charge is 0.462 e. The van der Waals surface area contributed by atoms with Crippen molar-refractivity contribution in [3.05, 3.63) is 71.9 Å². The van der Waals surface area contributed by atoms with Crippen LogP contribution in [0.2, 0.25) is 0 Å². The molecule has 0 bridgehead atoms. The summed E-state index contributed by atoms with van der Waals surface area (Å²) < 4.78 is 6.46. The smallest absolute Gasteiger partial charge is 0.343 e. The van der Waals surface area contributed by atoms with Gasteiger partial charge in [0.05, 0.1) is 19.3 Å². The van der Waals surface area contributed by atoms with Crippen molar-refractivity contribution in [1.82, 2.24) is 14.7 Å². The topological polar surface area (TPSA) is 76.5 Å². The SMILES string of the molecule is CCOC(=O)c1cnn(C)c1NC(=O)CN(C)Cc1ccc(-c2ccccc2)cc1. The number of esters is 1. The summed E-state index contributed by atoms with van der Waals surface area (Å²) in [6, 6.07) is 18.5. The molecule has 7 nitrogen and oxygen atoms in total. The van der Waals surface area contributed by atoms with Crippen molar-refractivity contribution in [3.63, 3.8) is 0 Å². The second-order valence-electron chi connectivity index (χ2n) is 7.03. The Kier molecular flexibility index (Phi) is 6.98. The Morgan fingerprint density at radius 1 is 1.07 bits per heavy atom. The van der Waals surface area contributed by atoms with Crippen LogP contribution in [0.4, 0.5) is 5.82 Å². The minimum Gasteiger partial charge on any atom is -0.462 e. The van der Waals surface area contributed by atoms with Gasteiger partial charge in [0.25, 0.3) is 0 Å². The summed E-state index contributed by atoms with van der Waals surface area (Å²) in [7, 11) is 3.54. The zero-order valence-corrected chi connectivity index (χ0v) is 17.5. The van der Waals surface area contributed by atoms with Gasteiger partial charge in [-0.1, -0.05) is 54.6 Å². The van der Waals surface area contributed by atoms with Crippen LogP contribution in [0.1, 0.15) is 22.8 Å². The number of hydrogen-bond acceptors (Lipinski definition) is 5. The van der Waals surface area contributed by atoms with E-state index >= 15 is 0 Å². The maximum atomic E-state index is 12.5. The van der Waals surface area contributed by atoms with E-state index in [1.54, 1.807) is 14.0 Å². The molecule has 0 aliphatic rings. The van der Waals surface area contributed by atoms with E-state index < -0.39 is 5.97 Å². The normalized spacial score (nSPS) is 10.8. The molecule has 0 saturated heterocycles. The quantitative estimate of drug-likeness (QED) is 0.581. The first-order valence-corrected chi connectivity index (χ1v) is 9.79. The number of carbonyl (C=O) groups excluding carboxylic acids is 2. The van der Waals surface area contributed by atoms with Crippen LogP contribution in [0.15, 0.2) is 60.8 Å². The van der Waals surface area contributed by atoms with E-state index in [1.165, 1.54) is 16.4 Å². The molecule has 0 saturated carbocycles. The summed E-state index contributed by atoms with van der Waals surface area (Å²) >= 11 is 0. The lowest BCUT2D eigenvalue weighted by atomic mass is 10.0. The van der Waals surface area contributed by atoms with Crippen LogP contribution < -0.4 is 5.32 Å². The Morgan fingerprint density at radius 2 is 1.73 bits per heavy atom. The Balaban J connectivity index is 1.58. The maximum Gasteiger partial charge on any atom is 0.343 e. The molecule has 0 aliphatic carbocycles. The minimum atomic E-state index is -0.507. The molecule has 0 unspecified atom stereocenters. The number of aromatic nitrogens is 2. The molecule has 0 atom stereocenters. The lowest BCUT2D eigenvalue weighted by Gasteiger charge is -2.17. The summed E-state index contributed by atoms with van der Waals surface area (Å²) in [5.41, 5.74) is 3.68. The van der Waals surface area contributed by atoms with Crippen molar-refractivity contribution in [2.24, 2.45) is 7.05 Å².